The van der Waals surface area contributed by atoms with Gasteiger partial charge in [0.1, 0.15) is 0 Å². The number of aliphatic hydroxyl groups is 1. The minimum atomic E-state index is -4.30. The Bertz CT molecular complexity index is 749. The number of phosphoric ester groups is 1. The molecule has 0 aromatic heterocycles. The predicted octanol–water partition coefficient (Wildman–Crippen LogP) is 9.05. The fraction of sp³-hybridized carbons (Fsp3) is 0.857. The van der Waals surface area contributed by atoms with Crippen LogP contribution in [0, 0.1) is 0 Å². The molecule has 0 aliphatic carbocycles. The lowest BCUT2D eigenvalue weighted by Gasteiger charge is -2.25. The minimum absolute atomic E-state index is 0.0872. The first-order valence-electron chi connectivity index (χ1n) is 18.0. The van der Waals surface area contributed by atoms with Crippen molar-refractivity contribution in [2.24, 2.45) is 5.73 Å². The number of carbonyl (C=O) groups excluding carboxylic acids is 1. The molecule has 5 N–H and O–H groups in total. The maximum Gasteiger partial charge on any atom is 0.472 e. The molecule has 0 spiro atoms. The van der Waals surface area contributed by atoms with E-state index in [2.05, 4.69) is 43.5 Å². The molecule has 0 aliphatic rings. The number of unbranched alkanes of at least 4 members (excludes halogenated alkanes) is 17. The van der Waals surface area contributed by atoms with E-state index in [0.29, 0.717) is 12.8 Å². The van der Waals surface area contributed by atoms with E-state index in [1.165, 1.54) is 83.5 Å². The van der Waals surface area contributed by atoms with Crippen molar-refractivity contribution in [1.82, 2.24) is 5.32 Å². The second-order valence-corrected chi connectivity index (χ2v) is 13.5. The van der Waals surface area contributed by atoms with Crippen LogP contribution in [0.1, 0.15) is 162 Å². The third kappa shape index (κ3) is 29.7. The number of carbonyl (C=O) groups is 1. The summed E-state index contributed by atoms with van der Waals surface area (Å²) in [5.74, 6) is -0.174. The van der Waals surface area contributed by atoms with Crippen molar-refractivity contribution in [1.29, 1.82) is 0 Å². The van der Waals surface area contributed by atoms with Gasteiger partial charge in [-0.2, -0.15) is 0 Å². The SMILES string of the molecule is CCCCC/C=C\C/C=C\CCCCCCCCCC(=O)NC(COP(=O)(O)OCCN)C(O)CCCCCCCCCC. The highest BCUT2D eigenvalue weighted by molar-refractivity contribution is 7.47. The van der Waals surface area contributed by atoms with Gasteiger partial charge in [0.2, 0.25) is 5.91 Å². The molecular formula is C35H69N2O6P. The summed E-state index contributed by atoms with van der Waals surface area (Å²) in [6.45, 7) is 4.12. The fourth-order valence-electron chi connectivity index (χ4n) is 5.05. The van der Waals surface area contributed by atoms with Gasteiger partial charge in [-0.05, 0) is 44.9 Å². The lowest BCUT2D eigenvalue weighted by molar-refractivity contribution is -0.123. The van der Waals surface area contributed by atoms with E-state index in [1.807, 2.05) is 0 Å². The standard InChI is InChI=1S/C35H69N2O6P/c1-3-5-7-9-11-13-14-15-16-17-18-19-20-21-23-25-27-29-35(39)37-33(32-43-44(40,41)42-31-30-36)34(38)28-26-24-22-12-10-8-6-4-2/h11,13,15-16,33-34,38H,3-10,12,14,17-32,36H2,1-2H3,(H,37,39)(H,40,41)/b13-11-,16-15-. The zero-order chi connectivity index (χ0) is 32.6. The average molecular weight is 645 g/mol. The Labute approximate surface area is 270 Å². The van der Waals surface area contributed by atoms with Crippen LogP contribution in [0.3, 0.4) is 0 Å². The van der Waals surface area contributed by atoms with E-state index in [4.69, 9.17) is 14.8 Å². The molecule has 0 fully saturated rings. The van der Waals surface area contributed by atoms with Crippen molar-refractivity contribution >= 4 is 13.7 Å². The zero-order valence-corrected chi connectivity index (χ0v) is 29.3. The first-order chi connectivity index (χ1) is 21.4. The summed E-state index contributed by atoms with van der Waals surface area (Å²) in [7, 11) is -4.30. The van der Waals surface area contributed by atoms with E-state index in [1.54, 1.807) is 0 Å². The van der Waals surface area contributed by atoms with Crippen LogP contribution in [0.2, 0.25) is 0 Å². The molecule has 0 heterocycles. The highest BCUT2D eigenvalue weighted by atomic mass is 31.2. The Morgan fingerprint density at radius 3 is 1.84 bits per heavy atom. The van der Waals surface area contributed by atoms with E-state index in [-0.39, 0.29) is 25.7 Å². The smallest absolute Gasteiger partial charge is 0.391 e. The predicted molar refractivity (Wildman–Crippen MR) is 185 cm³/mol. The molecule has 44 heavy (non-hydrogen) atoms. The van der Waals surface area contributed by atoms with Crippen LogP contribution >= 0.6 is 7.82 Å². The summed E-state index contributed by atoms with van der Waals surface area (Å²) in [5, 5.41) is 13.6. The minimum Gasteiger partial charge on any atom is -0.391 e. The molecule has 1 amide bonds. The largest absolute Gasteiger partial charge is 0.472 e. The summed E-state index contributed by atoms with van der Waals surface area (Å²) in [5.41, 5.74) is 5.34. The number of amides is 1. The number of nitrogens with one attached hydrogen (secondary N) is 1. The lowest BCUT2D eigenvalue weighted by Crippen LogP contribution is -2.46. The van der Waals surface area contributed by atoms with Crippen LogP contribution in [-0.4, -0.2) is 47.8 Å². The molecular weight excluding hydrogens is 575 g/mol. The Kier molecular flexibility index (Phi) is 31.2. The van der Waals surface area contributed by atoms with Gasteiger partial charge in [0.05, 0.1) is 25.4 Å². The van der Waals surface area contributed by atoms with Crippen molar-refractivity contribution in [3.63, 3.8) is 0 Å². The van der Waals surface area contributed by atoms with Crippen LogP contribution in [0.4, 0.5) is 0 Å². The number of rotatable bonds is 33. The third-order valence-electron chi connectivity index (χ3n) is 7.81. The molecule has 0 aliphatic heterocycles. The zero-order valence-electron chi connectivity index (χ0n) is 28.4. The molecule has 8 nitrogen and oxygen atoms in total. The topological polar surface area (TPSA) is 131 Å². The summed E-state index contributed by atoms with van der Waals surface area (Å²) in [6.07, 6.45) is 33.3. The van der Waals surface area contributed by atoms with E-state index < -0.39 is 20.0 Å². The molecule has 0 aromatic rings. The molecule has 260 valence electrons. The van der Waals surface area contributed by atoms with Crippen molar-refractivity contribution in [2.75, 3.05) is 19.8 Å². The van der Waals surface area contributed by atoms with Gasteiger partial charge in [0.25, 0.3) is 0 Å². The molecule has 0 saturated heterocycles. The van der Waals surface area contributed by atoms with Gasteiger partial charge in [0.15, 0.2) is 0 Å². The number of allylic oxidation sites excluding steroid dienone is 4. The first-order valence-corrected chi connectivity index (χ1v) is 19.4. The number of nitrogens with two attached hydrogens (primary N) is 1. The van der Waals surface area contributed by atoms with Gasteiger partial charge in [-0.3, -0.25) is 13.8 Å². The van der Waals surface area contributed by atoms with Crippen molar-refractivity contribution in [3.8, 4) is 0 Å². The van der Waals surface area contributed by atoms with E-state index in [9.17, 15) is 19.4 Å². The van der Waals surface area contributed by atoms with Gasteiger partial charge < -0.3 is 21.1 Å². The molecule has 0 aromatic carbocycles. The Morgan fingerprint density at radius 1 is 0.750 bits per heavy atom. The van der Waals surface area contributed by atoms with Crippen LogP contribution in [0.15, 0.2) is 24.3 Å². The third-order valence-corrected chi connectivity index (χ3v) is 8.79. The highest BCUT2D eigenvalue weighted by Crippen LogP contribution is 2.43. The van der Waals surface area contributed by atoms with Gasteiger partial charge in [0, 0.05) is 13.0 Å². The van der Waals surface area contributed by atoms with Crippen molar-refractivity contribution < 1.29 is 28.4 Å². The fourth-order valence-corrected chi connectivity index (χ4v) is 5.81. The molecule has 3 unspecified atom stereocenters. The van der Waals surface area contributed by atoms with Crippen LogP contribution in [-0.2, 0) is 18.4 Å². The number of aliphatic hydroxyl groups excluding tert-OH is 1. The molecule has 0 rings (SSSR count). The van der Waals surface area contributed by atoms with E-state index >= 15 is 0 Å². The summed E-state index contributed by atoms with van der Waals surface area (Å²) < 4.78 is 22.0. The van der Waals surface area contributed by atoms with Gasteiger partial charge in [-0.1, -0.05) is 134 Å². The maximum atomic E-state index is 12.6. The highest BCUT2D eigenvalue weighted by Gasteiger charge is 2.27. The summed E-state index contributed by atoms with van der Waals surface area (Å²) >= 11 is 0. The van der Waals surface area contributed by atoms with Gasteiger partial charge >= 0.3 is 7.82 Å². The summed E-state index contributed by atoms with van der Waals surface area (Å²) in [4.78, 5) is 22.5. The van der Waals surface area contributed by atoms with Gasteiger partial charge in [-0.15, -0.1) is 0 Å². The maximum absolute atomic E-state index is 12.6. The number of phosphoric acid groups is 1. The second kappa shape index (κ2) is 31.9. The Balaban J connectivity index is 4.21. The molecule has 9 heteroatoms. The number of hydrogen-bond acceptors (Lipinski definition) is 6. The van der Waals surface area contributed by atoms with Crippen molar-refractivity contribution in [3.05, 3.63) is 24.3 Å². The molecule has 0 radical (unpaired) electrons. The van der Waals surface area contributed by atoms with E-state index in [0.717, 1.165) is 51.4 Å². The van der Waals surface area contributed by atoms with Crippen LogP contribution in [0.25, 0.3) is 0 Å². The number of hydrogen-bond donors (Lipinski definition) is 4. The molecule has 0 saturated carbocycles. The summed E-state index contributed by atoms with van der Waals surface area (Å²) in [6, 6.07) is -0.773. The second-order valence-electron chi connectivity index (χ2n) is 12.1. The van der Waals surface area contributed by atoms with Crippen LogP contribution < -0.4 is 11.1 Å². The average Bonchev–Trinajstić information content (AvgIpc) is 3.01. The van der Waals surface area contributed by atoms with Gasteiger partial charge in [-0.25, -0.2) is 4.57 Å². The molecule has 3 atom stereocenters. The monoisotopic (exact) mass is 644 g/mol. The van der Waals surface area contributed by atoms with Crippen LogP contribution in [0.5, 0.6) is 0 Å². The Hall–Kier alpha value is -1.02. The lowest BCUT2D eigenvalue weighted by atomic mass is 10.0. The van der Waals surface area contributed by atoms with Crippen molar-refractivity contribution in [2.45, 2.75) is 174 Å². The quantitative estimate of drug-likeness (QED) is 0.0318. The first kappa shape index (κ1) is 43.0. The normalized spacial score (nSPS) is 14.8. The molecule has 0 bridgehead atoms. The Morgan fingerprint density at radius 2 is 1.25 bits per heavy atom.